The van der Waals surface area contributed by atoms with E-state index >= 15 is 0 Å². The van der Waals surface area contributed by atoms with Crippen LogP contribution in [0, 0.1) is 12.8 Å². The number of nitrogens with zero attached hydrogens (tertiary/aromatic N) is 1. The summed E-state index contributed by atoms with van der Waals surface area (Å²) in [6, 6.07) is 8.87. The van der Waals surface area contributed by atoms with Crippen LogP contribution in [-0.2, 0) is 9.59 Å². The van der Waals surface area contributed by atoms with Gasteiger partial charge in [0.15, 0.2) is 0 Å². The van der Waals surface area contributed by atoms with E-state index < -0.39 is 0 Å². The van der Waals surface area contributed by atoms with E-state index in [1.807, 2.05) is 19.1 Å². The van der Waals surface area contributed by atoms with Crippen LogP contribution in [0.2, 0.25) is 0 Å². The Kier molecular flexibility index (Phi) is 11.7. The fourth-order valence-electron chi connectivity index (χ4n) is 3.82. The number of alkyl halides is 1. The van der Waals surface area contributed by atoms with Gasteiger partial charge in [0.1, 0.15) is 0 Å². The SMILES string of the molecule is C/C=C\CCl.CCC(CC)N1C(=O)C(CC(=O)NC)CCC1c1ccc(C)cc1. The zero-order valence-electron chi connectivity index (χ0n) is 18.6. The molecule has 0 aliphatic carbocycles. The van der Waals surface area contributed by atoms with Gasteiger partial charge in [0.25, 0.3) is 0 Å². The number of carbonyl (C=O) groups excluding carboxylic acids is 2. The van der Waals surface area contributed by atoms with Gasteiger partial charge in [-0.3, -0.25) is 9.59 Å². The number of aryl methyl sites for hydroxylation is 1. The Hall–Kier alpha value is -1.81. The molecule has 1 aliphatic rings. The quantitative estimate of drug-likeness (QED) is 0.474. The molecular weight excluding hydrogens is 384 g/mol. The monoisotopic (exact) mass is 420 g/mol. The summed E-state index contributed by atoms with van der Waals surface area (Å²) >= 11 is 5.21. The van der Waals surface area contributed by atoms with Crippen LogP contribution in [0.3, 0.4) is 0 Å². The molecule has 0 aromatic heterocycles. The predicted molar refractivity (Wildman–Crippen MR) is 122 cm³/mol. The van der Waals surface area contributed by atoms with E-state index in [2.05, 4.69) is 55.3 Å². The standard InChI is InChI=1S/C20H30N2O2.C4H7Cl/c1-5-17(6-2)22-18(15-9-7-14(3)8-10-15)12-11-16(20(22)24)13-19(23)21-4;1-2-3-4-5/h7-10,16-18H,5-6,11-13H2,1-4H3,(H,21,23);2-3H,4H2,1H3/b;3-2-. The molecule has 0 spiro atoms. The molecule has 1 heterocycles. The fourth-order valence-corrected chi connectivity index (χ4v) is 4.00. The maximum absolute atomic E-state index is 13.1. The Labute approximate surface area is 181 Å². The summed E-state index contributed by atoms with van der Waals surface area (Å²) in [5.41, 5.74) is 2.44. The number of amides is 2. The van der Waals surface area contributed by atoms with E-state index in [1.165, 1.54) is 11.1 Å². The van der Waals surface area contributed by atoms with Crippen molar-refractivity contribution in [3.63, 3.8) is 0 Å². The lowest BCUT2D eigenvalue weighted by atomic mass is 9.84. The largest absolute Gasteiger partial charge is 0.359 e. The third kappa shape index (κ3) is 7.50. The van der Waals surface area contributed by atoms with E-state index in [1.54, 1.807) is 7.05 Å². The first kappa shape index (κ1) is 25.2. The smallest absolute Gasteiger partial charge is 0.226 e. The topological polar surface area (TPSA) is 49.4 Å². The lowest BCUT2D eigenvalue weighted by Gasteiger charge is -2.44. The summed E-state index contributed by atoms with van der Waals surface area (Å²) in [6.45, 7) is 8.29. The van der Waals surface area contributed by atoms with Gasteiger partial charge in [0, 0.05) is 31.3 Å². The van der Waals surface area contributed by atoms with Crippen LogP contribution in [0.5, 0.6) is 0 Å². The van der Waals surface area contributed by atoms with Crippen LogP contribution in [0.4, 0.5) is 0 Å². The van der Waals surface area contributed by atoms with Crippen molar-refractivity contribution in [3.05, 3.63) is 47.5 Å². The second-order valence-electron chi connectivity index (χ2n) is 7.52. The number of piperidine rings is 1. The van der Waals surface area contributed by atoms with Crippen LogP contribution < -0.4 is 5.32 Å². The Balaban J connectivity index is 0.000000749. The van der Waals surface area contributed by atoms with Crippen molar-refractivity contribution in [2.24, 2.45) is 5.92 Å². The third-order valence-electron chi connectivity index (χ3n) is 5.56. The number of rotatable bonds is 7. The molecule has 2 rings (SSSR count). The van der Waals surface area contributed by atoms with Gasteiger partial charge in [-0.2, -0.15) is 0 Å². The molecule has 1 aromatic rings. The van der Waals surface area contributed by atoms with E-state index in [0.717, 1.165) is 25.7 Å². The Morgan fingerprint density at radius 1 is 1.24 bits per heavy atom. The zero-order chi connectivity index (χ0) is 21.8. The summed E-state index contributed by atoms with van der Waals surface area (Å²) in [5, 5.41) is 2.64. The number of halogens is 1. The molecule has 0 bridgehead atoms. The molecule has 1 N–H and O–H groups in total. The van der Waals surface area contributed by atoms with Crippen molar-refractivity contribution in [1.82, 2.24) is 10.2 Å². The van der Waals surface area contributed by atoms with Crippen molar-refractivity contribution >= 4 is 23.4 Å². The van der Waals surface area contributed by atoms with Gasteiger partial charge in [-0.1, -0.05) is 55.8 Å². The fraction of sp³-hybridized carbons (Fsp3) is 0.583. The minimum Gasteiger partial charge on any atom is -0.359 e. The molecule has 2 unspecified atom stereocenters. The first-order chi connectivity index (χ1) is 13.9. The Morgan fingerprint density at radius 2 is 1.86 bits per heavy atom. The second kappa shape index (κ2) is 13.4. The van der Waals surface area contributed by atoms with Crippen LogP contribution in [0.25, 0.3) is 0 Å². The lowest BCUT2D eigenvalue weighted by molar-refractivity contribution is -0.147. The number of hydrogen-bond acceptors (Lipinski definition) is 2. The van der Waals surface area contributed by atoms with Crippen LogP contribution in [-0.4, -0.2) is 35.7 Å². The summed E-state index contributed by atoms with van der Waals surface area (Å²) in [4.78, 5) is 27.0. The molecule has 0 radical (unpaired) electrons. The molecule has 2 atom stereocenters. The maximum Gasteiger partial charge on any atom is 0.226 e. The average Bonchev–Trinajstić information content (AvgIpc) is 2.73. The van der Waals surface area contributed by atoms with Crippen molar-refractivity contribution in [2.45, 2.75) is 71.9 Å². The third-order valence-corrected chi connectivity index (χ3v) is 5.74. The summed E-state index contributed by atoms with van der Waals surface area (Å²) in [7, 11) is 1.63. The van der Waals surface area contributed by atoms with Crippen molar-refractivity contribution in [2.75, 3.05) is 12.9 Å². The highest BCUT2D eigenvalue weighted by atomic mass is 35.5. The molecule has 4 nitrogen and oxygen atoms in total. The molecule has 0 saturated carbocycles. The molecule has 1 aromatic carbocycles. The Bertz CT molecular complexity index is 653. The molecule has 5 heteroatoms. The highest BCUT2D eigenvalue weighted by Crippen LogP contribution is 2.38. The summed E-state index contributed by atoms with van der Waals surface area (Å²) < 4.78 is 0. The highest BCUT2D eigenvalue weighted by molar-refractivity contribution is 6.18. The number of nitrogens with one attached hydrogen (secondary N) is 1. The lowest BCUT2D eigenvalue weighted by Crippen LogP contribution is -2.49. The van der Waals surface area contributed by atoms with Gasteiger partial charge >= 0.3 is 0 Å². The van der Waals surface area contributed by atoms with Gasteiger partial charge in [0.2, 0.25) is 11.8 Å². The van der Waals surface area contributed by atoms with Crippen LogP contribution in [0.15, 0.2) is 36.4 Å². The van der Waals surface area contributed by atoms with Crippen LogP contribution >= 0.6 is 11.6 Å². The first-order valence-corrected chi connectivity index (χ1v) is 11.2. The van der Waals surface area contributed by atoms with Gasteiger partial charge in [-0.05, 0) is 45.1 Å². The molecule has 1 aliphatic heterocycles. The molecule has 1 saturated heterocycles. The predicted octanol–water partition coefficient (Wildman–Crippen LogP) is 5.40. The molecule has 29 heavy (non-hydrogen) atoms. The van der Waals surface area contributed by atoms with E-state index in [9.17, 15) is 9.59 Å². The van der Waals surface area contributed by atoms with Crippen molar-refractivity contribution in [1.29, 1.82) is 0 Å². The minimum absolute atomic E-state index is 0.0494. The number of benzene rings is 1. The zero-order valence-corrected chi connectivity index (χ0v) is 19.3. The van der Waals surface area contributed by atoms with Gasteiger partial charge in [0.05, 0.1) is 6.04 Å². The molecule has 1 fully saturated rings. The number of carbonyl (C=O) groups is 2. The van der Waals surface area contributed by atoms with Gasteiger partial charge < -0.3 is 10.2 Å². The first-order valence-electron chi connectivity index (χ1n) is 10.7. The number of allylic oxidation sites excluding steroid dienone is 2. The molecular formula is C24H37ClN2O2. The second-order valence-corrected chi connectivity index (χ2v) is 7.83. The van der Waals surface area contributed by atoms with Crippen LogP contribution in [0.1, 0.15) is 70.0 Å². The minimum atomic E-state index is -0.188. The normalized spacial score (nSPS) is 19.3. The van der Waals surface area contributed by atoms with Gasteiger partial charge in [-0.25, -0.2) is 0 Å². The Morgan fingerprint density at radius 3 is 2.31 bits per heavy atom. The molecule has 162 valence electrons. The van der Waals surface area contributed by atoms with E-state index in [0.29, 0.717) is 12.3 Å². The average molecular weight is 421 g/mol. The molecule has 2 amide bonds. The number of hydrogen-bond donors (Lipinski definition) is 1. The van der Waals surface area contributed by atoms with Crippen molar-refractivity contribution in [3.8, 4) is 0 Å². The van der Waals surface area contributed by atoms with Gasteiger partial charge in [-0.15, -0.1) is 11.6 Å². The maximum atomic E-state index is 13.1. The summed E-state index contributed by atoms with van der Waals surface area (Å²) in [6.07, 6.45) is 7.70. The highest BCUT2D eigenvalue weighted by Gasteiger charge is 2.39. The van der Waals surface area contributed by atoms with E-state index in [-0.39, 0.29) is 29.8 Å². The van der Waals surface area contributed by atoms with E-state index in [4.69, 9.17) is 11.6 Å². The van der Waals surface area contributed by atoms with Crippen molar-refractivity contribution < 1.29 is 9.59 Å². The number of likely N-dealkylation sites (tertiary alicyclic amines) is 1. The summed E-state index contributed by atoms with van der Waals surface area (Å²) in [5.74, 6) is 0.541.